The summed E-state index contributed by atoms with van der Waals surface area (Å²) in [5.74, 6) is -2.61. The number of hydrogen-bond acceptors (Lipinski definition) is 2. The molecule has 1 atom stereocenters. The lowest BCUT2D eigenvalue weighted by molar-refractivity contribution is -0.113. The molecular formula is C18H13Cl2F2N3OS. The summed E-state index contributed by atoms with van der Waals surface area (Å²) in [6.07, 6.45) is 0. The van der Waals surface area contributed by atoms with E-state index in [1.165, 1.54) is 6.07 Å². The van der Waals surface area contributed by atoms with Gasteiger partial charge in [0.1, 0.15) is 0 Å². The predicted molar refractivity (Wildman–Crippen MR) is 106 cm³/mol. The van der Waals surface area contributed by atoms with Crippen LogP contribution < -0.4 is 16.0 Å². The van der Waals surface area contributed by atoms with Gasteiger partial charge in [0, 0.05) is 33.1 Å². The fourth-order valence-electron chi connectivity index (χ4n) is 2.77. The zero-order valence-corrected chi connectivity index (χ0v) is 16.2. The highest BCUT2D eigenvalue weighted by Crippen LogP contribution is 2.36. The zero-order valence-electron chi connectivity index (χ0n) is 13.9. The summed E-state index contributed by atoms with van der Waals surface area (Å²) >= 11 is 17.8. The second-order valence-electron chi connectivity index (χ2n) is 5.79. The van der Waals surface area contributed by atoms with Crippen molar-refractivity contribution in [1.29, 1.82) is 0 Å². The maximum atomic E-state index is 13.4. The van der Waals surface area contributed by atoms with Crippen LogP contribution in [0, 0.1) is 11.6 Å². The molecule has 0 radical (unpaired) electrons. The van der Waals surface area contributed by atoms with Gasteiger partial charge in [-0.05, 0) is 43.4 Å². The quantitative estimate of drug-likeness (QED) is 0.621. The number of carbonyl (C=O) groups is 1. The fraction of sp³-hybridized carbons (Fsp3) is 0.111. The lowest BCUT2D eigenvalue weighted by atomic mass is 9.94. The minimum atomic E-state index is -1.06. The molecule has 0 fully saturated rings. The van der Waals surface area contributed by atoms with Gasteiger partial charge < -0.3 is 16.0 Å². The minimum Gasteiger partial charge on any atom is -0.351 e. The second kappa shape index (κ2) is 7.80. The number of benzene rings is 2. The van der Waals surface area contributed by atoms with Crippen molar-refractivity contribution in [2.24, 2.45) is 0 Å². The van der Waals surface area contributed by atoms with Crippen LogP contribution in [0.1, 0.15) is 18.5 Å². The van der Waals surface area contributed by atoms with Crippen LogP contribution in [0.15, 0.2) is 47.7 Å². The van der Waals surface area contributed by atoms with Crippen molar-refractivity contribution in [3.63, 3.8) is 0 Å². The number of thiocarbonyl (C=S) groups is 1. The van der Waals surface area contributed by atoms with Crippen LogP contribution in [0.3, 0.4) is 0 Å². The van der Waals surface area contributed by atoms with E-state index in [-0.39, 0.29) is 11.3 Å². The first-order valence-corrected chi connectivity index (χ1v) is 8.93. The van der Waals surface area contributed by atoms with E-state index in [1.54, 1.807) is 25.1 Å². The van der Waals surface area contributed by atoms with Crippen LogP contribution in [0.5, 0.6) is 0 Å². The highest BCUT2D eigenvalue weighted by molar-refractivity contribution is 7.80. The lowest BCUT2D eigenvalue weighted by Crippen LogP contribution is -2.46. The van der Waals surface area contributed by atoms with E-state index in [0.717, 1.165) is 12.1 Å². The third-order valence-corrected chi connectivity index (χ3v) is 4.86. The number of carbonyl (C=O) groups excluding carboxylic acids is 1. The maximum Gasteiger partial charge on any atom is 0.255 e. The zero-order chi connectivity index (χ0) is 19.7. The first-order valence-electron chi connectivity index (χ1n) is 7.76. The Morgan fingerprint density at radius 1 is 1.15 bits per heavy atom. The summed E-state index contributed by atoms with van der Waals surface area (Å²) in [7, 11) is 0. The molecule has 27 heavy (non-hydrogen) atoms. The van der Waals surface area contributed by atoms with E-state index >= 15 is 0 Å². The van der Waals surface area contributed by atoms with Gasteiger partial charge in [-0.1, -0.05) is 29.3 Å². The van der Waals surface area contributed by atoms with Gasteiger partial charge in [0.15, 0.2) is 16.7 Å². The average molecular weight is 428 g/mol. The number of anilines is 1. The van der Waals surface area contributed by atoms with Crippen molar-refractivity contribution in [2.45, 2.75) is 13.0 Å². The maximum absolute atomic E-state index is 13.4. The lowest BCUT2D eigenvalue weighted by Gasteiger charge is -2.31. The van der Waals surface area contributed by atoms with E-state index in [4.69, 9.17) is 35.4 Å². The first kappa shape index (κ1) is 19.5. The molecule has 2 aromatic rings. The highest BCUT2D eigenvalue weighted by Gasteiger charge is 2.32. The minimum absolute atomic E-state index is 0.108. The molecule has 1 aliphatic rings. The molecule has 0 saturated heterocycles. The number of nitrogens with one attached hydrogen (secondary N) is 3. The van der Waals surface area contributed by atoms with Crippen molar-refractivity contribution < 1.29 is 13.6 Å². The summed E-state index contributed by atoms with van der Waals surface area (Å²) in [6.45, 7) is 1.67. The summed E-state index contributed by atoms with van der Waals surface area (Å²) in [4.78, 5) is 12.9. The Hall–Kier alpha value is -2.22. The van der Waals surface area contributed by atoms with Crippen LogP contribution in [-0.2, 0) is 4.79 Å². The molecule has 0 aliphatic carbocycles. The Balaban J connectivity index is 2.01. The Morgan fingerprint density at radius 3 is 2.44 bits per heavy atom. The molecule has 1 aliphatic heterocycles. The standard InChI is InChI=1S/C18H13Cl2F2N3OS/c1-8-14(17(26)24-9-5-6-12(21)13(22)7-9)16(25-18(27)23-8)15-10(19)3-2-4-11(15)20/h2-7,16H,1H3,(H,24,26)(H2,23,25,27)/t16-/m1/s1. The smallest absolute Gasteiger partial charge is 0.255 e. The van der Waals surface area contributed by atoms with Gasteiger partial charge in [-0.25, -0.2) is 8.78 Å². The number of allylic oxidation sites excluding steroid dienone is 1. The van der Waals surface area contributed by atoms with Crippen LogP contribution in [0.25, 0.3) is 0 Å². The molecule has 0 aromatic heterocycles. The van der Waals surface area contributed by atoms with Gasteiger partial charge in [-0.15, -0.1) is 0 Å². The molecule has 1 amide bonds. The molecule has 0 spiro atoms. The van der Waals surface area contributed by atoms with Gasteiger partial charge in [0.05, 0.1) is 11.6 Å². The van der Waals surface area contributed by atoms with Crippen LogP contribution in [-0.4, -0.2) is 11.0 Å². The van der Waals surface area contributed by atoms with E-state index in [1.807, 2.05) is 0 Å². The van der Waals surface area contributed by atoms with Gasteiger partial charge >= 0.3 is 0 Å². The molecule has 4 nitrogen and oxygen atoms in total. The number of hydrogen-bond donors (Lipinski definition) is 3. The van der Waals surface area contributed by atoms with E-state index in [9.17, 15) is 13.6 Å². The normalized spacial score (nSPS) is 16.6. The molecule has 3 rings (SSSR count). The highest BCUT2D eigenvalue weighted by atomic mass is 35.5. The van der Waals surface area contributed by atoms with Crippen LogP contribution in [0.2, 0.25) is 10.0 Å². The Morgan fingerprint density at radius 2 is 1.81 bits per heavy atom. The summed E-state index contributed by atoms with van der Waals surface area (Å²) in [6, 6.07) is 7.36. The predicted octanol–water partition coefficient (Wildman–Crippen LogP) is 4.70. The van der Waals surface area contributed by atoms with Crippen molar-refractivity contribution in [1.82, 2.24) is 10.6 Å². The SMILES string of the molecule is CC1=C(C(=O)Nc2ccc(F)c(F)c2)[C@H](c2c(Cl)cccc2Cl)NC(=S)N1. The fourth-order valence-corrected chi connectivity index (χ4v) is 3.66. The summed E-state index contributed by atoms with van der Waals surface area (Å²) < 4.78 is 26.5. The largest absolute Gasteiger partial charge is 0.351 e. The van der Waals surface area contributed by atoms with E-state index < -0.39 is 23.6 Å². The molecule has 0 saturated carbocycles. The van der Waals surface area contributed by atoms with Crippen LogP contribution >= 0.6 is 35.4 Å². The Labute approximate surface area is 169 Å². The Kier molecular flexibility index (Phi) is 5.64. The average Bonchev–Trinajstić information content (AvgIpc) is 2.57. The Bertz CT molecular complexity index is 961. The number of halogens is 4. The van der Waals surface area contributed by atoms with Gasteiger partial charge in [0.2, 0.25) is 0 Å². The third kappa shape index (κ3) is 4.05. The second-order valence-corrected chi connectivity index (χ2v) is 7.01. The summed E-state index contributed by atoms with van der Waals surface area (Å²) in [5, 5.41) is 9.42. The molecular weight excluding hydrogens is 415 g/mol. The van der Waals surface area contributed by atoms with E-state index in [0.29, 0.717) is 26.4 Å². The monoisotopic (exact) mass is 427 g/mol. The first-order chi connectivity index (χ1) is 12.8. The molecule has 0 unspecified atom stereocenters. The number of amides is 1. The molecule has 0 bridgehead atoms. The van der Waals surface area contributed by atoms with Crippen molar-refractivity contribution in [3.8, 4) is 0 Å². The molecule has 9 heteroatoms. The molecule has 1 heterocycles. The molecule has 2 aromatic carbocycles. The van der Waals surface area contributed by atoms with Crippen molar-refractivity contribution in [2.75, 3.05) is 5.32 Å². The topological polar surface area (TPSA) is 53.2 Å². The van der Waals surface area contributed by atoms with Crippen molar-refractivity contribution in [3.05, 3.63) is 74.9 Å². The molecule has 3 N–H and O–H groups in total. The van der Waals surface area contributed by atoms with E-state index in [2.05, 4.69) is 16.0 Å². The number of rotatable bonds is 3. The van der Waals surface area contributed by atoms with Gasteiger partial charge in [-0.3, -0.25) is 4.79 Å². The van der Waals surface area contributed by atoms with Crippen LogP contribution in [0.4, 0.5) is 14.5 Å². The third-order valence-electron chi connectivity index (χ3n) is 3.98. The van der Waals surface area contributed by atoms with Gasteiger partial charge in [0.25, 0.3) is 5.91 Å². The van der Waals surface area contributed by atoms with Crippen molar-refractivity contribution >= 4 is 52.1 Å². The molecule has 140 valence electrons. The van der Waals surface area contributed by atoms with Gasteiger partial charge in [-0.2, -0.15) is 0 Å². The summed E-state index contributed by atoms with van der Waals surface area (Å²) in [5.41, 5.74) is 1.35.